The van der Waals surface area contributed by atoms with E-state index in [0.717, 1.165) is 0 Å². The maximum atomic E-state index is 12.7. The molecule has 0 radical (unpaired) electrons. The first-order valence-electron chi connectivity index (χ1n) is 5.38. The molecule has 112 valence electrons. The maximum absolute atomic E-state index is 12.7. The van der Waals surface area contributed by atoms with E-state index >= 15 is 0 Å². The fourth-order valence-corrected chi connectivity index (χ4v) is 1.62. The van der Waals surface area contributed by atoms with Gasteiger partial charge in [-0.25, -0.2) is 9.77 Å². The summed E-state index contributed by atoms with van der Waals surface area (Å²) in [6.45, 7) is 0. The van der Waals surface area contributed by atoms with E-state index < -0.39 is 16.9 Å². The quantitative estimate of drug-likeness (QED) is 0.494. The normalized spacial score (nSPS) is 14.4. The molecule has 1 heterocycles. The van der Waals surface area contributed by atoms with Crippen molar-refractivity contribution in [3.63, 3.8) is 0 Å². The lowest BCUT2D eigenvalue weighted by molar-refractivity contribution is -0.377. The average Bonchev–Trinajstić information content (AvgIpc) is 2.78. The third-order valence-electron chi connectivity index (χ3n) is 2.39. The van der Waals surface area contributed by atoms with Gasteiger partial charge in [0.25, 0.3) is 5.82 Å². The highest BCUT2D eigenvalue weighted by atomic mass is 32.1. The van der Waals surface area contributed by atoms with Gasteiger partial charge in [-0.2, -0.15) is 18.1 Å². The van der Waals surface area contributed by atoms with Crippen LogP contribution < -0.4 is 5.43 Å². The third kappa shape index (κ3) is 3.31. The van der Waals surface area contributed by atoms with Crippen LogP contribution in [0.3, 0.4) is 0 Å². The van der Waals surface area contributed by atoms with E-state index in [1.54, 1.807) is 0 Å². The third-order valence-corrected chi connectivity index (χ3v) is 2.66. The molecule has 0 fully saturated rings. The minimum atomic E-state index is -4.68. The number of allylic oxidation sites excluding steroid dienone is 5. The molecule has 0 bridgehead atoms. The van der Waals surface area contributed by atoms with Gasteiger partial charge in [0.2, 0.25) is 10.5 Å². The molecule has 1 aromatic heterocycles. The van der Waals surface area contributed by atoms with Crippen LogP contribution in [0.5, 0.6) is 0 Å². The van der Waals surface area contributed by atoms with Crippen LogP contribution in [0.25, 0.3) is 0 Å². The lowest BCUT2D eigenvalue weighted by Crippen LogP contribution is -2.20. The van der Waals surface area contributed by atoms with E-state index in [1.807, 2.05) is 5.10 Å². The van der Waals surface area contributed by atoms with Crippen LogP contribution in [0, 0.1) is 15.2 Å². The number of aromatic nitrogens is 3. The van der Waals surface area contributed by atoms with Gasteiger partial charge < -0.3 is 10.4 Å². The predicted molar refractivity (Wildman–Crippen MR) is 70.1 cm³/mol. The Morgan fingerprint density at radius 2 is 1.90 bits per heavy atom. The van der Waals surface area contributed by atoms with Crippen molar-refractivity contribution in [2.24, 2.45) is 0 Å². The number of hydrogen-bond donors (Lipinski definition) is 2. The second kappa shape index (κ2) is 5.44. The van der Waals surface area contributed by atoms with Crippen LogP contribution in [0.1, 0.15) is 5.82 Å². The van der Waals surface area contributed by atoms with E-state index in [-0.39, 0.29) is 10.5 Å². The number of halogens is 3. The first kappa shape index (κ1) is 14.8. The summed E-state index contributed by atoms with van der Waals surface area (Å²) in [5.41, 5.74) is 2.64. The zero-order chi connectivity index (χ0) is 15.6. The van der Waals surface area contributed by atoms with Crippen molar-refractivity contribution in [1.29, 1.82) is 0 Å². The number of H-pyrrole nitrogens is 1. The van der Waals surface area contributed by atoms with Gasteiger partial charge in [-0.15, -0.1) is 5.10 Å². The van der Waals surface area contributed by atoms with Crippen LogP contribution in [0.4, 0.5) is 13.2 Å². The lowest BCUT2D eigenvalue weighted by atomic mass is 10.1. The van der Waals surface area contributed by atoms with Gasteiger partial charge in [0.05, 0.1) is 0 Å². The van der Waals surface area contributed by atoms with Crippen molar-refractivity contribution in [3.8, 4) is 0 Å². The van der Waals surface area contributed by atoms with Gasteiger partial charge in [-0.3, -0.25) is 5.43 Å². The average molecular weight is 318 g/mol. The molecule has 0 amide bonds. The fraction of sp³-hybridized carbons (Fsp3) is 0.100. The Bertz CT molecular complexity index is 704. The lowest BCUT2D eigenvalue weighted by Gasteiger charge is -2.10. The van der Waals surface area contributed by atoms with Crippen molar-refractivity contribution in [3.05, 3.63) is 57.1 Å². The van der Waals surface area contributed by atoms with Crippen LogP contribution in [-0.4, -0.2) is 25.5 Å². The molecule has 0 atom stereocenters. The molecular formula is C10H7F3N5O2S-. The van der Waals surface area contributed by atoms with E-state index in [2.05, 4.69) is 22.7 Å². The molecule has 0 saturated heterocycles. The first-order chi connectivity index (χ1) is 9.79. The number of alkyl halides is 3. The molecule has 1 aliphatic rings. The maximum Gasteiger partial charge on any atom is 0.453 e. The Balaban J connectivity index is 2.23. The highest BCUT2D eigenvalue weighted by Crippen LogP contribution is 2.26. The molecular weight excluding hydrogens is 311 g/mol. The van der Waals surface area contributed by atoms with Crippen molar-refractivity contribution >= 4 is 17.9 Å². The van der Waals surface area contributed by atoms with E-state index in [9.17, 15) is 23.6 Å². The smallest absolute Gasteiger partial charge is 0.453 e. The Labute approximate surface area is 120 Å². The van der Waals surface area contributed by atoms with Gasteiger partial charge >= 0.3 is 6.18 Å². The molecule has 0 aliphatic heterocycles. The molecule has 0 saturated carbocycles. The molecule has 2 N–H and O–H groups in total. The minimum absolute atomic E-state index is 0.122. The molecule has 1 aliphatic carbocycles. The number of rotatable bonds is 2. The topological polar surface area (TPSA) is 94.8 Å². The first-order valence-corrected chi connectivity index (χ1v) is 5.78. The summed E-state index contributed by atoms with van der Waals surface area (Å²) in [4.78, 5) is -0.578. The van der Waals surface area contributed by atoms with Crippen molar-refractivity contribution in [2.75, 3.05) is 5.43 Å². The monoisotopic (exact) mass is 318 g/mol. The van der Waals surface area contributed by atoms with Crippen LogP contribution in [0.2, 0.25) is 0 Å². The van der Waals surface area contributed by atoms with Gasteiger partial charge in [0.15, 0.2) is 0 Å². The number of hydrogen-bond acceptors (Lipinski definition) is 5. The summed E-state index contributed by atoms with van der Waals surface area (Å²) in [7, 11) is 0. The van der Waals surface area contributed by atoms with E-state index in [1.165, 1.54) is 30.5 Å². The molecule has 7 nitrogen and oxygen atoms in total. The molecule has 0 unspecified atom stereocenters. The molecule has 0 spiro atoms. The Hall–Kier alpha value is -2.56. The number of nitrogens with zero attached hydrogens (tertiary/aromatic N) is 3. The summed E-state index contributed by atoms with van der Waals surface area (Å²) in [5.74, 6) is -1.23. The van der Waals surface area contributed by atoms with Gasteiger partial charge in [-0.05, 0) is 29.9 Å². The summed E-state index contributed by atoms with van der Waals surface area (Å²) < 4.78 is 38.2. The van der Waals surface area contributed by atoms with Crippen molar-refractivity contribution < 1.29 is 18.1 Å². The van der Waals surface area contributed by atoms with Gasteiger partial charge in [0.1, 0.15) is 0 Å². The van der Waals surface area contributed by atoms with E-state index in [0.29, 0.717) is 10.2 Å². The molecule has 11 heteroatoms. The highest BCUT2D eigenvalue weighted by molar-refractivity contribution is 7.71. The second-order valence-electron chi connectivity index (χ2n) is 3.81. The molecule has 0 aromatic carbocycles. The Morgan fingerprint density at radius 1 is 1.29 bits per heavy atom. The summed E-state index contributed by atoms with van der Waals surface area (Å²) >= 11 is 4.69. The molecule has 21 heavy (non-hydrogen) atoms. The molecule has 2 rings (SSSR count). The zero-order valence-corrected chi connectivity index (χ0v) is 10.9. The second-order valence-corrected chi connectivity index (χ2v) is 4.19. The largest absolute Gasteiger partial charge is 0.612 e. The van der Waals surface area contributed by atoms with Gasteiger partial charge in [0, 0.05) is 18.4 Å². The predicted octanol–water partition coefficient (Wildman–Crippen LogP) is 1.96. The summed E-state index contributed by atoms with van der Waals surface area (Å²) in [6.07, 6.45) is 1.75. The highest BCUT2D eigenvalue weighted by Gasteiger charge is 2.37. The van der Waals surface area contributed by atoms with E-state index in [4.69, 9.17) is 0 Å². The summed E-state index contributed by atoms with van der Waals surface area (Å²) in [6, 6.07) is 0. The number of aromatic amines is 1. The number of nitrogens with one attached hydrogen (secondary N) is 2. The minimum Gasteiger partial charge on any atom is -0.612 e. The van der Waals surface area contributed by atoms with Crippen molar-refractivity contribution in [1.82, 2.24) is 14.9 Å². The SMILES string of the molecule is [O-][N+]([O-])=C1C=CC(=CNn2c(C(F)(F)F)n[nH]c2=S)C=C1. The fourth-order valence-electron chi connectivity index (χ4n) is 1.44. The standard InChI is InChI=1S/C10H7F3N5O2S/c11-10(12,13)8-15-16-9(21)17(8)14-5-6-1-3-7(4-2-6)18(19)20/h1-5,14H,(H-,16,19,20,21)/q-1. The van der Waals surface area contributed by atoms with Crippen LogP contribution >= 0.6 is 12.2 Å². The Morgan fingerprint density at radius 3 is 2.43 bits per heavy atom. The zero-order valence-electron chi connectivity index (χ0n) is 10.1. The van der Waals surface area contributed by atoms with Crippen LogP contribution in [-0.2, 0) is 6.18 Å². The summed E-state index contributed by atoms with van der Waals surface area (Å²) in [5, 5.41) is 26.1. The molecule has 1 aromatic rings. The van der Waals surface area contributed by atoms with Gasteiger partial charge in [-0.1, -0.05) is 0 Å². The Kier molecular flexibility index (Phi) is 3.84. The van der Waals surface area contributed by atoms with Crippen molar-refractivity contribution in [2.45, 2.75) is 6.18 Å². The van der Waals surface area contributed by atoms with Crippen LogP contribution in [0.15, 0.2) is 36.1 Å².